The molecule has 0 unspecified atom stereocenters. The van der Waals surface area contributed by atoms with Crippen LogP contribution < -0.4 is 5.32 Å². The van der Waals surface area contributed by atoms with Gasteiger partial charge in [-0.1, -0.05) is 24.3 Å². The summed E-state index contributed by atoms with van der Waals surface area (Å²) in [5.41, 5.74) is 0.504. The lowest BCUT2D eigenvalue weighted by Gasteiger charge is -2.13. The molecule has 4 nitrogen and oxygen atoms in total. The maximum Gasteiger partial charge on any atom is 0.417 e. The Hall–Kier alpha value is -3.09. The number of hydrogen-bond donors (Lipinski definition) is 2. The first-order chi connectivity index (χ1) is 11.4. The molecule has 1 heterocycles. The smallest absolute Gasteiger partial charge is 0.322 e. The van der Waals surface area contributed by atoms with Crippen molar-refractivity contribution >= 4 is 11.6 Å². The van der Waals surface area contributed by atoms with E-state index in [-0.39, 0.29) is 0 Å². The molecule has 0 aliphatic carbocycles. The molecule has 0 saturated heterocycles. The van der Waals surface area contributed by atoms with Gasteiger partial charge in [-0.15, -0.1) is 0 Å². The zero-order valence-electron chi connectivity index (χ0n) is 12.3. The zero-order chi connectivity index (χ0) is 17.2. The fraction of sp³-hybridized carbons (Fsp3) is 0.0588. The molecular weight excluding hydrogens is 319 g/mol. The van der Waals surface area contributed by atoms with Crippen LogP contribution in [0.3, 0.4) is 0 Å². The highest BCUT2D eigenvalue weighted by atomic mass is 19.4. The van der Waals surface area contributed by atoms with Crippen LogP contribution >= 0.6 is 0 Å². The molecule has 0 atom stereocenters. The van der Waals surface area contributed by atoms with Gasteiger partial charge in [0.2, 0.25) is 0 Å². The minimum absolute atomic E-state index is 0.393. The zero-order valence-corrected chi connectivity index (χ0v) is 12.3. The van der Waals surface area contributed by atoms with Gasteiger partial charge in [0.25, 0.3) is 5.91 Å². The lowest BCUT2D eigenvalue weighted by molar-refractivity contribution is -0.137. The Bertz CT molecular complexity index is 858. The Kier molecular flexibility index (Phi) is 4.07. The number of alkyl halides is 3. The van der Waals surface area contributed by atoms with Crippen LogP contribution in [0, 0.1) is 0 Å². The molecule has 0 aliphatic heterocycles. The number of carbonyl (C=O) groups is 1. The first-order valence-electron chi connectivity index (χ1n) is 7.02. The Morgan fingerprint density at radius 3 is 2.54 bits per heavy atom. The second-order valence-electron chi connectivity index (χ2n) is 5.05. The van der Waals surface area contributed by atoms with Gasteiger partial charge in [-0.2, -0.15) is 18.3 Å². The normalized spacial score (nSPS) is 11.3. The summed E-state index contributed by atoms with van der Waals surface area (Å²) < 4.78 is 39.0. The molecule has 0 spiro atoms. The fourth-order valence-electron chi connectivity index (χ4n) is 2.31. The average molecular weight is 331 g/mol. The van der Waals surface area contributed by atoms with Gasteiger partial charge < -0.3 is 5.32 Å². The number of aromatic nitrogens is 2. The summed E-state index contributed by atoms with van der Waals surface area (Å²) in [5, 5.41) is 9.12. The Morgan fingerprint density at radius 1 is 1.04 bits per heavy atom. The van der Waals surface area contributed by atoms with E-state index in [1.165, 1.54) is 12.1 Å². The molecule has 0 aliphatic rings. The number of aromatic amines is 1. The number of carbonyl (C=O) groups excluding carboxylic acids is 1. The van der Waals surface area contributed by atoms with Crippen molar-refractivity contribution in [2.45, 2.75) is 6.18 Å². The lowest BCUT2D eigenvalue weighted by atomic mass is 10.1. The molecule has 0 radical (unpaired) electrons. The standard InChI is InChI=1S/C17H12F3N3O/c18-17(19,20)14-7-2-1-6-13(14)16(24)22-12-5-3-4-11(10-12)15-8-9-21-23-15/h1-10H,(H,21,23)(H,22,24). The van der Waals surface area contributed by atoms with Gasteiger partial charge in [0.05, 0.1) is 16.8 Å². The first-order valence-corrected chi connectivity index (χ1v) is 7.02. The second-order valence-corrected chi connectivity index (χ2v) is 5.05. The summed E-state index contributed by atoms with van der Waals surface area (Å²) in [6.07, 6.45) is -3.01. The summed E-state index contributed by atoms with van der Waals surface area (Å²) >= 11 is 0. The third-order valence-electron chi connectivity index (χ3n) is 3.41. The third-order valence-corrected chi connectivity index (χ3v) is 3.41. The van der Waals surface area contributed by atoms with Gasteiger partial charge in [-0.3, -0.25) is 9.89 Å². The first kappa shape index (κ1) is 15.8. The highest BCUT2D eigenvalue weighted by Crippen LogP contribution is 2.32. The van der Waals surface area contributed by atoms with Crippen LogP contribution in [0.15, 0.2) is 60.8 Å². The molecule has 0 saturated carbocycles. The molecule has 7 heteroatoms. The van der Waals surface area contributed by atoms with Crippen LogP contribution in [0.1, 0.15) is 15.9 Å². The number of nitrogens with one attached hydrogen (secondary N) is 2. The van der Waals surface area contributed by atoms with Crippen LogP contribution in [0.2, 0.25) is 0 Å². The highest BCUT2D eigenvalue weighted by molar-refractivity contribution is 6.05. The Morgan fingerprint density at radius 2 is 1.83 bits per heavy atom. The lowest BCUT2D eigenvalue weighted by Crippen LogP contribution is -2.18. The fourth-order valence-corrected chi connectivity index (χ4v) is 2.31. The van der Waals surface area contributed by atoms with Gasteiger partial charge in [0.15, 0.2) is 0 Å². The molecule has 1 aromatic heterocycles. The van der Waals surface area contributed by atoms with Crippen LogP contribution in [-0.4, -0.2) is 16.1 Å². The molecule has 1 amide bonds. The molecule has 0 fully saturated rings. The number of benzene rings is 2. The summed E-state index contributed by atoms with van der Waals surface area (Å²) in [6.45, 7) is 0. The average Bonchev–Trinajstić information content (AvgIpc) is 3.09. The van der Waals surface area contributed by atoms with Crippen molar-refractivity contribution in [2.24, 2.45) is 0 Å². The van der Waals surface area contributed by atoms with Gasteiger partial charge in [0.1, 0.15) is 0 Å². The summed E-state index contributed by atoms with van der Waals surface area (Å²) in [5.74, 6) is -0.815. The van der Waals surface area contributed by atoms with Crippen LogP contribution in [0.25, 0.3) is 11.3 Å². The van der Waals surface area contributed by atoms with E-state index in [1.807, 2.05) is 0 Å². The summed E-state index contributed by atoms with van der Waals surface area (Å²) in [4.78, 5) is 12.2. The molecule has 3 rings (SSSR count). The van der Waals surface area contributed by atoms with Gasteiger partial charge in [-0.05, 0) is 30.3 Å². The van der Waals surface area contributed by atoms with Crippen LogP contribution in [0.5, 0.6) is 0 Å². The van der Waals surface area contributed by atoms with Gasteiger partial charge in [-0.25, -0.2) is 0 Å². The SMILES string of the molecule is O=C(Nc1cccc(-c2ccn[nH]2)c1)c1ccccc1C(F)(F)F. The maximum atomic E-state index is 13.0. The number of H-pyrrole nitrogens is 1. The molecule has 122 valence electrons. The van der Waals surface area contributed by atoms with E-state index in [0.29, 0.717) is 5.69 Å². The van der Waals surface area contributed by atoms with Crippen molar-refractivity contribution in [2.75, 3.05) is 5.32 Å². The number of amides is 1. The van der Waals surface area contributed by atoms with E-state index in [1.54, 1.807) is 36.5 Å². The molecule has 24 heavy (non-hydrogen) atoms. The summed E-state index contributed by atoms with van der Waals surface area (Å²) in [7, 11) is 0. The quantitative estimate of drug-likeness (QED) is 0.750. The molecule has 2 N–H and O–H groups in total. The minimum Gasteiger partial charge on any atom is -0.322 e. The second kappa shape index (κ2) is 6.19. The monoisotopic (exact) mass is 331 g/mol. The third kappa shape index (κ3) is 3.29. The molecular formula is C17H12F3N3O. The largest absolute Gasteiger partial charge is 0.417 e. The topological polar surface area (TPSA) is 57.8 Å². The molecule has 0 bridgehead atoms. The van der Waals surface area contributed by atoms with Gasteiger partial charge >= 0.3 is 6.18 Å². The van der Waals surface area contributed by atoms with E-state index >= 15 is 0 Å². The van der Waals surface area contributed by atoms with Crippen molar-refractivity contribution in [3.8, 4) is 11.3 Å². The Balaban J connectivity index is 1.88. The highest BCUT2D eigenvalue weighted by Gasteiger charge is 2.34. The van der Waals surface area contributed by atoms with Gasteiger partial charge in [0, 0.05) is 17.4 Å². The van der Waals surface area contributed by atoms with E-state index in [2.05, 4.69) is 15.5 Å². The van der Waals surface area contributed by atoms with Crippen LogP contribution in [0.4, 0.5) is 18.9 Å². The number of halogens is 3. The molecule has 3 aromatic rings. The number of anilines is 1. The summed E-state index contributed by atoms with van der Waals surface area (Å²) in [6, 6.07) is 13.2. The predicted octanol–water partition coefficient (Wildman–Crippen LogP) is 4.35. The van der Waals surface area contributed by atoms with E-state index in [0.717, 1.165) is 23.4 Å². The minimum atomic E-state index is -4.59. The van der Waals surface area contributed by atoms with Crippen molar-refractivity contribution in [1.82, 2.24) is 10.2 Å². The van der Waals surface area contributed by atoms with Crippen LogP contribution in [-0.2, 0) is 6.18 Å². The Labute approximate surface area is 135 Å². The van der Waals surface area contributed by atoms with E-state index < -0.39 is 23.2 Å². The van der Waals surface area contributed by atoms with Crippen molar-refractivity contribution in [3.05, 3.63) is 71.9 Å². The van der Waals surface area contributed by atoms with E-state index in [4.69, 9.17) is 0 Å². The molecule has 2 aromatic carbocycles. The number of rotatable bonds is 3. The predicted molar refractivity (Wildman–Crippen MR) is 83.4 cm³/mol. The maximum absolute atomic E-state index is 13.0. The number of hydrogen-bond acceptors (Lipinski definition) is 2. The van der Waals surface area contributed by atoms with Crippen molar-refractivity contribution in [3.63, 3.8) is 0 Å². The number of nitrogens with zero attached hydrogens (tertiary/aromatic N) is 1. The van der Waals surface area contributed by atoms with E-state index in [9.17, 15) is 18.0 Å². The van der Waals surface area contributed by atoms with Crippen molar-refractivity contribution < 1.29 is 18.0 Å². The van der Waals surface area contributed by atoms with Crippen molar-refractivity contribution in [1.29, 1.82) is 0 Å².